The van der Waals surface area contributed by atoms with Gasteiger partial charge in [0.1, 0.15) is 0 Å². The lowest BCUT2D eigenvalue weighted by atomic mass is 9.88. The summed E-state index contributed by atoms with van der Waals surface area (Å²) in [5, 5.41) is 3.29. The van der Waals surface area contributed by atoms with E-state index < -0.39 is 0 Å². The smallest absolute Gasteiger partial charge is 0.154 e. The number of rotatable bonds is 0. The Labute approximate surface area is 78.3 Å². The summed E-state index contributed by atoms with van der Waals surface area (Å²) in [5.74, 6) is 0.390. The van der Waals surface area contributed by atoms with E-state index in [-0.39, 0.29) is 17.9 Å². The summed E-state index contributed by atoms with van der Waals surface area (Å²) >= 11 is 0. The van der Waals surface area contributed by atoms with Crippen molar-refractivity contribution in [3.63, 3.8) is 0 Å². The number of ketones is 1. The highest BCUT2D eigenvalue weighted by Crippen LogP contribution is 2.26. The van der Waals surface area contributed by atoms with Gasteiger partial charge in [0.25, 0.3) is 0 Å². The van der Waals surface area contributed by atoms with Crippen LogP contribution in [0, 0.1) is 0 Å². The standard InChI is InChI=1S/C8H13NO2.ClH/c10-7-1-4-9-8(7)2-5-11-6-3-8;/h9H,1-6H2;1H. The van der Waals surface area contributed by atoms with Crippen LogP contribution in [0.2, 0.25) is 0 Å². The van der Waals surface area contributed by atoms with Crippen LogP contribution >= 0.6 is 12.4 Å². The summed E-state index contributed by atoms with van der Waals surface area (Å²) in [4.78, 5) is 11.4. The summed E-state index contributed by atoms with van der Waals surface area (Å²) in [6, 6.07) is 0. The first-order valence-corrected chi connectivity index (χ1v) is 4.20. The lowest BCUT2D eigenvalue weighted by molar-refractivity contribution is -0.125. The van der Waals surface area contributed by atoms with Crippen molar-refractivity contribution in [2.75, 3.05) is 19.8 Å². The molecule has 70 valence electrons. The van der Waals surface area contributed by atoms with Gasteiger partial charge < -0.3 is 10.1 Å². The van der Waals surface area contributed by atoms with Gasteiger partial charge in [0, 0.05) is 26.2 Å². The Kier molecular flexibility index (Phi) is 3.09. The molecule has 2 heterocycles. The Morgan fingerprint density at radius 2 is 2.00 bits per heavy atom. The Morgan fingerprint density at radius 1 is 1.33 bits per heavy atom. The van der Waals surface area contributed by atoms with Crippen molar-refractivity contribution in [1.29, 1.82) is 0 Å². The normalized spacial score (nSPS) is 27.2. The Bertz CT molecular complexity index is 178. The number of carbonyl (C=O) groups is 1. The molecule has 0 bridgehead atoms. The minimum absolute atomic E-state index is 0. The third kappa shape index (κ3) is 1.49. The van der Waals surface area contributed by atoms with E-state index >= 15 is 0 Å². The van der Waals surface area contributed by atoms with E-state index in [0.29, 0.717) is 12.2 Å². The molecule has 3 nitrogen and oxygen atoms in total. The minimum Gasteiger partial charge on any atom is -0.381 e. The number of ether oxygens (including phenoxy) is 1. The van der Waals surface area contributed by atoms with Crippen molar-refractivity contribution in [2.24, 2.45) is 0 Å². The molecule has 1 spiro atoms. The van der Waals surface area contributed by atoms with Gasteiger partial charge in [-0.15, -0.1) is 12.4 Å². The summed E-state index contributed by atoms with van der Waals surface area (Å²) < 4.78 is 5.21. The highest BCUT2D eigenvalue weighted by molar-refractivity contribution is 5.90. The van der Waals surface area contributed by atoms with Crippen LogP contribution in [-0.4, -0.2) is 31.1 Å². The molecule has 2 rings (SSSR count). The Morgan fingerprint density at radius 3 is 2.50 bits per heavy atom. The Hall–Kier alpha value is -0.120. The molecule has 2 aliphatic rings. The van der Waals surface area contributed by atoms with Crippen molar-refractivity contribution >= 4 is 18.2 Å². The second-order valence-electron chi connectivity index (χ2n) is 3.29. The molecule has 0 unspecified atom stereocenters. The van der Waals surface area contributed by atoms with Crippen LogP contribution in [0.3, 0.4) is 0 Å². The minimum atomic E-state index is -0.182. The van der Waals surface area contributed by atoms with Crippen LogP contribution in [0.5, 0.6) is 0 Å². The third-order valence-electron chi connectivity index (χ3n) is 2.70. The molecule has 0 aromatic rings. The van der Waals surface area contributed by atoms with Crippen molar-refractivity contribution in [1.82, 2.24) is 5.32 Å². The summed E-state index contributed by atoms with van der Waals surface area (Å²) in [6.45, 7) is 2.33. The van der Waals surface area contributed by atoms with E-state index in [4.69, 9.17) is 4.74 Å². The highest BCUT2D eigenvalue weighted by atomic mass is 35.5. The van der Waals surface area contributed by atoms with Crippen molar-refractivity contribution in [3.8, 4) is 0 Å². The molecule has 0 aliphatic carbocycles. The van der Waals surface area contributed by atoms with Crippen LogP contribution in [0.25, 0.3) is 0 Å². The summed E-state index contributed by atoms with van der Waals surface area (Å²) in [5.41, 5.74) is -0.182. The molecule has 12 heavy (non-hydrogen) atoms. The van der Waals surface area contributed by atoms with Gasteiger partial charge >= 0.3 is 0 Å². The number of hydrogen-bond donors (Lipinski definition) is 1. The van der Waals surface area contributed by atoms with Crippen LogP contribution in [0.15, 0.2) is 0 Å². The molecule has 2 saturated heterocycles. The summed E-state index contributed by atoms with van der Waals surface area (Å²) in [7, 11) is 0. The molecule has 2 fully saturated rings. The zero-order valence-electron chi connectivity index (χ0n) is 6.97. The lowest BCUT2D eigenvalue weighted by Gasteiger charge is -2.31. The van der Waals surface area contributed by atoms with E-state index in [0.717, 1.165) is 32.6 Å². The molecular weight excluding hydrogens is 178 g/mol. The van der Waals surface area contributed by atoms with Crippen LogP contribution < -0.4 is 5.32 Å². The van der Waals surface area contributed by atoms with Gasteiger partial charge in [-0.1, -0.05) is 0 Å². The largest absolute Gasteiger partial charge is 0.381 e. The monoisotopic (exact) mass is 191 g/mol. The number of Topliss-reactive ketones (excluding diaryl/α,β-unsaturated/α-hetero) is 1. The van der Waals surface area contributed by atoms with Crippen molar-refractivity contribution < 1.29 is 9.53 Å². The average Bonchev–Trinajstić information content (AvgIpc) is 2.36. The maximum absolute atomic E-state index is 11.4. The average molecular weight is 192 g/mol. The van der Waals surface area contributed by atoms with Gasteiger partial charge in [-0.25, -0.2) is 0 Å². The lowest BCUT2D eigenvalue weighted by Crippen LogP contribution is -2.49. The first-order valence-electron chi connectivity index (χ1n) is 4.20. The molecular formula is C8H14ClNO2. The predicted molar refractivity (Wildman–Crippen MR) is 47.7 cm³/mol. The van der Waals surface area contributed by atoms with Gasteiger partial charge in [0.2, 0.25) is 0 Å². The number of carbonyl (C=O) groups excluding carboxylic acids is 1. The molecule has 2 aliphatic heterocycles. The number of nitrogens with one attached hydrogen (secondary N) is 1. The Balaban J connectivity index is 0.000000720. The topological polar surface area (TPSA) is 38.3 Å². The predicted octanol–water partition coefficient (Wildman–Crippen LogP) is 0.520. The summed E-state index contributed by atoms with van der Waals surface area (Å²) in [6.07, 6.45) is 2.44. The number of hydrogen-bond acceptors (Lipinski definition) is 3. The van der Waals surface area contributed by atoms with Gasteiger partial charge in [-0.2, -0.15) is 0 Å². The molecule has 0 saturated carbocycles. The van der Waals surface area contributed by atoms with Gasteiger partial charge in [0.05, 0.1) is 5.54 Å². The van der Waals surface area contributed by atoms with E-state index in [2.05, 4.69) is 5.32 Å². The fourth-order valence-corrected chi connectivity index (χ4v) is 1.93. The SMILES string of the molecule is Cl.O=C1CCNC12CCOCC2. The molecule has 0 atom stereocenters. The molecule has 0 aromatic carbocycles. The second kappa shape index (κ2) is 3.73. The first-order chi connectivity index (χ1) is 5.33. The van der Waals surface area contributed by atoms with E-state index in [1.54, 1.807) is 0 Å². The molecule has 4 heteroatoms. The van der Waals surface area contributed by atoms with Gasteiger partial charge in [-0.3, -0.25) is 4.79 Å². The molecule has 0 radical (unpaired) electrons. The number of halogens is 1. The first kappa shape index (κ1) is 9.96. The quantitative estimate of drug-likeness (QED) is 0.607. The maximum atomic E-state index is 11.4. The van der Waals surface area contributed by atoms with Crippen molar-refractivity contribution in [3.05, 3.63) is 0 Å². The van der Waals surface area contributed by atoms with Crippen molar-refractivity contribution in [2.45, 2.75) is 24.8 Å². The fraction of sp³-hybridized carbons (Fsp3) is 0.875. The molecule has 1 N–H and O–H groups in total. The molecule has 0 aromatic heterocycles. The zero-order valence-corrected chi connectivity index (χ0v) is 7.78. The maximum Gasteiger partial charge on any atom is 0.154 e. The van der Waals surface area contributed by atoms with E-state index in [1.807, 2.05) is 0 Å². The van der Waals surface area contributed by atoms with Crippen LogP contribution in [0.4, 0.5) is 0 Å². The third-order valence-corrected chi connectivity index (χ3v) is 2.70. The van der Waals surface area contributed by atoms with Crippen LogP contribution in [0.1, 0.15) is 19.3 Å². The second-order valence-corrected chi connectivity index (χ2v) is 3.29. The van der Waals surface area contributed by atoms with E-state index in [1.165, 1.54) is 0 Å². The zero-order chi connectivity index (χ0) is 7.73. The van der Waals surface area contributed by atoms with E-state index in [9.17, 15) is 4.79 Å². The fourth-order valence-electron chi connectivity index (χ4n) is 1.93. The van der Waals surface area contributed by atoms with Crippen LogP contribution in [-0.2, 0) is 9.53 Å². The van der Waals surface area contributed by atoms with Gasteiger partial charge in [-0.05, 0) is 12.8 Å². The highest BCUT2D eigenvalue weighted by Gasteiger charge is 2.42. The van der Waals surface area contributed by atoms with Gasteiger partial charge in [0.15, 0.2) is 5.78 Å². The molecule has 0 amide bonds.